The molecule has 1 amide bonds. The fraction of sp³-hybridized carbons (Fsp3) is 0.375. The van der Waals surface area contributed by atoms with Gasteiger partial charge < -0.3 is 15.0 Å². The molecule has 1 saturated heterocycles. The summed E-state index contributed by atoms with van der Waals surface area (Å²) >= 11 is 6.19. The maximum absolute atomic E-state index is 14.6. The molecule has 0 radical (unpaired) electrons. The molecular weight excluding hydrogens is 431 g/mol. The van der Waals surface area contributed by atoms with Crippen LogP contribution in [0.15, 0.2) is 42.5 Å². The molecule has 6 nitrogen and oxygen atoms in total. The molecule has 8 heteroatoms. The van der Waals surface area contributed by atoms with E-state index in [2.05, 4.69) is 15.3 Å². The highest BCUT2D eigenvalue weighted by Crippen LogP contribution is 2.31. The zero-order valence-electron chi connectivity index (χ0n) is 18.4. The fourth-order valence-electron chi connectivity index (χ4n) is 3.74. The molecule has 2 heterocycles. The van der Waals surface area contributed by atoms with Gasteiger partial charge >= 0.3 is 6.09 Å². The first-order chi connectivity index (χ1) is 15.2. The number of anilines is 1. The van der Waals surface area contributed by atoms with Crippen molar-refractivity contribution in [3.05, 3.63) is 53.3 Å². The van der Waals surface area contributed by atoms with Gasteiger partial charge in [0.15, 0.2) is 0 Å². The molecule has 32 heavy (non-hydrogen) atoms. The van der Waals surface area contributed by atoms with Crippen molar-refractivity contribution in [1.29, 1.82) is 0 Å². The van der Waals surface area contributed by atoms with Gasteiger partial charge in [-0.25, -0.2) is 19.2 Å². The number of nitrogens with one attached hydrogen (secondary N) is 1. The lowest BCUT2D eigenvalue weighted by molar-refractivity contribution is 0.0210. The number of amides is 1. The summed E-state index contributed by atoms with van der Waals surface area (Å²) in [6.07, 6.45) is 1.17. The molecule has 0 bridgehead atoms. The van der Waals surface area contributed by atoms with Crippen LogP contribution in [0.1, 0.15) is 33.6 Å². The van der Waals surface area contributed by atoms with Crippen molar-refractivity contribution in [2.75, 3.05) is 18.4 Å². The molecule has 0 saturated carbocycles. The summed E-state index contributed by atoms with van der Waals surface area (Å²) < 4.78 is 20.0. The second-order valence-electron chi connectivity index (χ2n) is 8.92. The number of fused-ring (bicyclic) bond motifs is 1. The van der Waals surface area contributed by atoms with Crippen molar-refractivity contribution in [3.8, 4) is 11.3 Å². The number of hydrogen-bond acceptors (Lipinski definition) is 5. The Kier molecular flexibility index (Phi) is 6.20. The zero-order chi connectivity index (χ0) is 22.9. The minimum Gasteiger partial charge on any atom is -0.444 e. The van der Waals surface area contributed by atoms with Gasteiger partial charge in [0.1, 0.15) is 11.4 Å². The molecule has 3 aromatic rings. The van der Waals surface area contributed by atoms with Crippen LogP contribution in [0.25, 0.3) is 22.2 Å². The average Bonchev–Trinajstić information content (AvgIpc) is 2.73. The molecule has 0 atom stereocenters. The van der Waals surface area contributed by atoms with Crippen LogP contribution in [-0.2, 0) is 4.74 Å². The maximum atomic E-state index is 14.6. The highest BCUT2D eigenvalue weighted by atomic mass is 35.5. The van der Waals surface area contributed by atoms with Crippen molar-refractivity contribution in [2.24, 2.45) is 0 Å². The monoisotopic (exact) mass is 456 g/mol. The van der Waals surface area contributed by atoms with Crippen LogP contribution in [0, 0.1) is 5.82 Å². The van der Waals surface area contributed by atoms with E-state index < -0.39 is 5.60 Å². The fourth-order valence-corrected chi connectivity index (χ4v) is 3.91. The van der Waals surface area contributed by atoms with E-state index in [0.717, 1.165) is 12.8 Å². The van der Waals surface area contributed by atoms with E-state index in [0.29, 0.717) is 46.2 Å². The van der Waals surface area contributed by atoms with E-state index in [1.54, 1.807) is 41.3 Å². The Labute approximate surface area is 191 Å². The van der Waals surface area contributed by atoms with E-state index >= 15 is 0 Å². The first-order valence-corrected chi connectivity index (χ1v) is 11.0. The summed E-state index contributed by atoms with van der Waals surface area (Å²) in [5, 5.41) is 4.59. The SMILES string of the molecule is CC(C)(C)OC(=O)N1CCC(Nc2nc(-c3ccccc3F)c3cc(Cl)ccc3n2)CC1. The molecule has 0 unspecified atom stereocenters. The lowest BCUT2D eigenvalue weighted by Gasteiger charge is -2.33. The minimum atomic E-state index is -0.517. The Morgan fingerprint density at radius 2 is 1.88 bits per heavy atom. The van der Waals surface area contributed by atoms with Gasteiger partial charge in [0.05, 0.1) is 11.2 Å². The second kappa shape index (κ2) is 8.90. The van der Waals surface area contributed by atoms with Gasteiger partial charge in [0, 0.05) is 35.1 Å². The van der Waals surface area contributed by atoms with Crippen LogP contribution in [0.5, 0.6) is 0 Å². The zero-order valence-corrected chi connectivity index (χ0v) is 19.1. The summed E-state index contributed by atoms with van der Waals surface area (Å²) in [7, 11) is 0. The molecule has 0 aliphatic carbocycles. The average molecular weight is 457 g/mol. The number of nitrogens with zero attached hydrogens (tertiary/aromatic N) is 3. The minimum absolute atomic E-state index is 0.0897. The van der Waals surface area contributed by atoms with E-state index in [9.17, 15) is 9.18 Å². The third-order valence-electron chi connectivity index (χ3n) is 5.27. The predicted octanol–water partition coefficient (Wildman–Crippen LogP) is 5.90. The van der Waals surface area contributed by atoms with Crippen LogP contribution in [0.2, 0.25) is 5.02 Å². The van der Waals surface area contributed by atoms with E-state index in [1.807, 2.05) is 20.8 Å². The highest BCUT2D eigenvalue weighted by molar-refractivity contribution is 6.31. The topological polar surface area (TPSA) is 67.3 Å². The largest absolute Gasteiger partial charge is 0.444 e. The quantitative estimate of drug-likeness (QED) is 0.531. The molecule has 1 aliphatic heterocycles. The lowest BCUT2D eigenvalue weighted by Crippen LogP contribution is -2.44. The molecule has 4 rings (SSSR count). The number of hydrogen-bond donors (Lipinski definition) is 1. The Bertz CT molecular complexity index is 1140. The maximum Gasteiger partial charge on any atom is 0.410 e. The van der Waals surface area contributed by atoms with Crippen LogP contribution >= 0.6 is 11.6 Å². The third kappa shape index (κ3) is 5.10. The Morgan fingerprint density at radius 1 is 1.16 bits per heavy atom. The highest BCUT2D eigenvalue weighted by Gasteiger charge is 2.27. The molecule has 1 N–H and O–H groups in total. The summed E-state index contributed by atoms with van der Waals surface area (Å²) in [4.78, 5) is 23.3. The normalized spacial score (nSPS) is 15.1. The standard InChI is InChI=1S/C24H26ClFN4O2/c1-24(2,3)32-23(31)30-12-10-16(11-13-30)27-22-28-20-9-8-15(25)14-18(20)21(29-22)17-6-4-5-7-19(17)26/h4-9,14,16H,10-13H2,1-3H3,(H,27,28,29). The first kappa shape index (κ1) is 22.3. The molecule has 2 aromatic carbocycles. The number of carbonyl (C=O) groups is 1. The van der Waals surface area contributed by atoms with Gasteiger partial charge in [0.2, 0.25) is 5.95 Å². The van der Waals surface area contributed by atoms with Gasteiger partial charge in [-0.2, -0.15) is 0 Å². The van der Waals surface area contributed by atoms with E-state index in [4.69, 9.17) is 16.3 Å². The van der Waals surface area contributed by atoms with Crippen molar-refractivity contribution in [3.63, 3.8) is 0 Å². The van der Waals surface area contributed by atoms with Gasteiger partial charge in [-0.3, -0.25) is 0 Å². The number of halogens is 2. The van der Waals surface area contributed by atoms with Crippen molar-refractivity contribution in [2.45, 2.75) is 45.3 Å². The Morgan fingerprint density at radius 3 is 2.56 bits per heavy atom. The number of aromatic nitrogens is 2. The van der Waals surface area contributed by atoms with Crippen molar-refractivity contribution < 1.29 is 13.9 Å². The number of likely N-dealkylation sites (tertiary alicyclic amines) is 1. The summed E-state index contributed by atoms with van der Waals surface area (Å²) in [5.74, 6) is 0.0675. The summed E-state index contributed by atoms with van der Waals surface area (Å²) in [5.41, 5.74) is 1.04. The van der Waals surface area contributed by atoms with Crippen LogP contribution in [-0.4, -0.2) is 45.7 Å². The lowest BCUT2D eigenvalue weighted by atomic mass is 10.0. The number of benzene rings is 2. The summed E-state index contributed by atoms with van der Waals surface area (Å²) in [6.45, 7) is 6.73. The van der Waals surface area contributed by atoms with Gasteiger partial charge in [-0.1, -0.05) is 23.7 Å². The van der Waals surface area contributed by atoms with Crippen molar-refractivity contribution in [1.82, 2.24) is 14.9 Å². The third-order valence-corrected chi connectivity index (χ3v) is 5.50. The van der Waals surface area contributed by atoms with Gasteiger partial charge in [0.25, 0.3) is 0 Å². The predicted molar refractivity (Wildman–Crippen MR) is 124 cm³/mol. The molecule has 0 spiro atoms. The number of piperidine rings is 1. The van der Waals surface area contributed by atoms with Crippen molar-refractivity contribution >= 4 is 34.5 Å². The van der Waals surface area contributed by atoms with Crippen LogP contribution in [0.3, 0.4) is 0 Å². The van der Waals surface area contributed by atoms with E-state index in [-0.39, 0.29) is 18.0 Å². The Balaban J connectivity index is 1.55. The molecule has 1 aromatic heterocycles. The molecule has 168 valence electrons. The summed E-state index contributed by atoms with van der Waals surface area (Å²) in [6, 6.07) is 11.9. The first-order valence-electron chi connectivity index (χ1n) is 10.7. The smallest absolute Gasteiger partial charge is 0.410 e. The van der Waals surface area contributed by atoms with Gasteiger partial charge in [-0.05, 0) is 63.9 Å². The number of ether oxygens (including phenoxy) is 1. The molecule has 1 aliphatic rings. The second-order valence-corrected chi connectivity index (χ2v) is 9.36. The molecule has 1 fully saturated rings. The van der Waals surface area contributed by atoms with Crippen LogP contribution in [0.4, 0.5) is 15.1 Å². The van der Waals surface area contributed by atoms with E-state index in [1.165, 1.54) is 6.07 Å². The van der Waals surface area contributed by atoms with Crippen LogP contribution < -0.4 is 5.32 Å². The number of carbonyl (C=O) groups excluding carboxylic acids is 1. The number of rotatable bonds is 3. The Hall–Kier alpha value is -2.93. The molecular formula is C24H26ClFN4O2. The van der Waals surface area contributed by atoms with Gasteiger partial charge in [-0.15, -0.1) is 0 Å².